The van der Waals surface area contributed by atoms with Crippen molar-refractivity contribution in [2.75, 3.05) is 11.9 Å². The first-order valence-corrected chi connectivity index (χ1v) is 7.11. The molecule has 0 amide bonds. The minimum absolute atomic E-state index is 0.549. The smallest absolute Gasteiger partial charge is 0.121 e. The van der Waals surface area contributed by atoms with Gasteiger partial charge in [0.2, 0.25) is 0 Å². The van der Waals surface area contributed by atoms with Crippen LogP contribution in [0.5, 0.6) is 5.75 Å². The van der Waals surface area contributed by atoms with E-state index in [1.54, 1.807) is 11.3 Å². The fourth-order valence-corrected chi connectivity index (χ4v) is 2.21. The van der Waals surface area contributed by atoms with Gasteiger partial charge in [-0.2, -0.15) is 0 Å². The highest BCUT2D eigenvalue weighted by Crippen LogP contribution is 2.19. The van der Waals surface area contributed by atoms with E-state index in [-0.39, 0.29) is 0 Å². The molecule has 0 aliphatic carbocycles. The lowest BCUT2D eigenvalue weighted by Crippen LogP contribution is -2.05. The number of thiophene rings is 1. The maximum atomic E-state index is 5.71. The van der Waals surface area contributed by atoms with Crippen molar-refractivity contribution in [2.24, 2.45) is 5.92 Å². The van der Waals surface area contributed by atoms with E-state index in [1.807, 2.05) is 12.1 Å². The standard InChI is InChI=1S/C15H19NOS/c1-12(2)11-17-14-6-3-5-13(9-14)16-10-15-7-4-8-18-15/h3-9,12,16H,10-11H2,1-2H3. The first-order valence-electron chi connectivity index (χ1n) is 6.23. The molecule has 18 heavy (non-hydrogen) atoms. The first-order chi connectivity index (χ1) is 8.74. The number of anilines is 1. The number of hydrogen-bond donors (Lipinski definition) is 1. The van der Waals surface area contributed by atoms with Crippen LogP contribution in [-0.4, -0.2) is 6.61 Å². The van der Waals surface area contributed by atoms with Gasteiger partial charge in [-0.15, -0.1) is 11.3 Å². The van der Waals surface area contributed by atoms with Crippen molar-refractivity contribution in [3.63, 3.8) is 0 Å². The molecule has 0 saturated heterocycles. The first kappa shape index (κ1) is 13.0. The predicted molar refractivity (Wildman–Crippen MR) is 78.4 cm³/mol. The van der Waals surface area contributed by atoms with Crippen LogP contribution in [0.25, 0.3) is 0 Å². The van der Waals surface area contributed by atoms with Gasteiger partial charge in [0.15, 0.2) is 0 Å². The second kappa shape index (κ2) is 6.45. The van der Waals surface area contributed by atoms with Gasteiger partial charge < -0.3 is 10.1 Å². The fraction of sp³-hybridized carbons (Fsp3) is 0.333. The Morgan fingerprint density at radius 1 is 1.22 bits per heavy atom. The van der Waals surface area contributed by atoms with Gasteiger partial charge >= 0.3 is 0 Å². The Labute approximate surface area is 113 Å². The lowest BCUT2D eigenvalue weighted by Gasteiger charge is -2.10. The summed E-state index contributed by atoms with van der Waals surface area (Å²) in [6.45, 7) is 5.93. The summed E-state index contributed by atoms with van der Waals surface area (Å²) < 4.78 is 5.71. The number of rotatable bonds is 6. The molecule has 2 nitrogen and oxygen atoms in total. The number of nitrogens with one attached hydrogen (secondary N) is 1. The molecule has 0 spiro atoms. The molecular formula is C15H19NOS. The van der Waals surface area contributed by atoms with Crippen molar-refractivity contribution >= 4 is 17.0 Å². The van der Waals surface area contributed by atoms with Gasteiger partial charge in [0.05, 0.1) is 6.61 Å². The minimum atomic E-state index is 0.549. The third-order valence-corrected chi connectivity index (χ3v) is 3.34. The molecule has 0 saturated carbocycles. The van der Waals surface area contributed by atoms with E-state index in [9.17, 15) is 0 Å². The van der Waals surface area contributed by atoms with Gasteiger partial charge in [0, 0.05) is 23.2 Å². The van der Waals surface area contributed by atoms with Crippen LogP contribution in [0.3, 0.4) is 0 Å². The van der Waals surface area contributed by atoms with Crippen molar-refractivity contribution in [1.82, 2.24) is 0 Å². The summed E-state index contributed by atoms with van der Waals surface area (Å²) in [4.78, 5) is 1.34. The van der Waals surface area contributed by atoms with E-state index in [1.165, 1.54) is 4.88 Å². The average Bonchev–Trinajstić information content (AvgIpc) is 2.87. The Balaban J connectivity index is 1.90. The molecule has 0 aliphatic rings. The van der Waals surface area contributed by atoms with Gasteiger partial charge in [-0.1, -0.05) is 26.0 Å². The van der Waals surface area contributed by atoms with Crippen molar-refractivity contribution in [2.45, 2.75) is 20.4 Å². The largest absolute Gasteiger partial charge is 0.493 e. The average molecular weight is 261 g/mol. The molecule has 0 aliphatic heterocycles. The Hall–Kier alpha value is -1.48. The summed E-state index contributed by atoms with van der Waals surface area (Å²) in [6, 6.07) is 12.3. The second-order valence-electron chi connectivity index (χ2n) is 4.67. The summed E-state index contributed by atoms with van der Waals surface area (Å²) in [6.07, 6.45) is 0. The van der Waals surface area contributed by atoms with Gasteiger partial charge in [-0.25, -0.2) is 0 Å². The highest BCUT2D eigenvalue weighted by molar-refractivity contribution is 7.09. The Morgan fingerprint density at radius 3 is 2.83 bits per heavy atom. The molecule has 1 heterocycles. The molecule has 2 aromatic rings. The number of ether oxygens (including phenoxy) is 1. The number of hydrogen-bond acceptors (Lipinski definition) is 3. The lowest BCUT2D eigenvalue weighted by atomic mass is 10.2. The highest BCUT2D eigenvalue weighted by Gasteiger charge is 1.99. The van der Waals surface area contributed by atoms with E-state index in [0.29, 0.717) is 5.92 Å². The van der Waals surface area contributed by atoms with Crippen molar-refractivity contribution in [3.8, 4) is 5.75 Å². The topological polar surface area (TPSA) is 21.3 Å². The summed E-state index contributed by atoms with van der Waals surface area (Å²) in [5, 5.41) is 5.50. The van der Waals surface area contributed by atoms with Crippen LogP contribution in [0, 0.1) is 5.92 Å². The van der Waals surface area contributed by atoms with Crippen LogP contribution in [0.1, 0.15) is 18.7 Å². The Bertz CT molecular complexity index is 465. The van der Waals surface area contributed by atoms with Crippen LogP contribution in [0.2, 0.25) is 0 Å². The van der Waals surface area contributed by atoms with Crippen LogP contribution < -0.4 is 10.1 Å². The summed E-state index contributed by atoms with van der Waals surface area (Å²) in [5.41, 5.74) is 1.10. The van der Waals surface area contributed by atoms with E-state index in [0.717, 1.165) is 24.6 Å². The molecule has 2 rings (SSSR count). The van der Waals surface area contributed by atoms with Crippen LogP contribution in [0.4, 0.5) is 5.69 Å². The maximum absolute atomic E-state index is 5.71. The zero-order valence-electron chi connectivity index (χ0n) is 10.8. The molecule has 1 N–H and O–H groups in total. The summed E-state index contributed by atoms with van der Waals surface area (Å²) in [5.74, 6) is 1.48. The van der Waals surface area contributed by atoms with Crippen LogP contribution >= 0.6 is 11.3 Å². The molecule has 96 valence electrons. The highest BCUT2D eigenvalue weighted by atomic mass is 32.1. The summed E-state index contributed by atoms with van der Waals surface area (Å²) in [7, 11) is 0. The number of benzene rings is 1. The van der Waals surface area contributed by atoms with Gasteiger partial charge in [-0.3, -0.25) is 0 Å². The molecular weight excluding hydrogens is 242 g/mol. The van der Waals surface area contributed by atoms with Gasteiger partial charge in [-0.05, 0) is 29.5 Å². The van der Waals surface area contributed by atoms with Gasteiger partial charge in [0.1, 0.15) is 5.75 Å². The normalized spacial score (nSPS) is 10.6. The fourth-order valence-electron chi connectivity index (χ4n) is 1.56. The molecule has 0 radical (unpaired) electrons. The van der Waals surface area contributed by atoms with E-state index in [4.69, 9.17) is 4.74 Å². The molecule has 1 aromatic heterocycles. The van der Waals surface area contributed by atoms with E-state index < -0.39 is 0 Å². The third-order valence-electron chi connectivity index (χ3n) is 2.46. The monoisotopic (exact) mass is 261 g/mol. The predicted octanol–water partition coefficient (Wildman–Crippen LogP) is 4.40. The Kier molecular flexibility index (Phi) is 4.65. The minimum Gasteiger partial charge on any atom is -0.493 e. The van der Waals surface area contributed by atoms with Crippen molar-refractivity contribution in [1.29, 1.82) is 0 Å². The van der Waals surface area contributed by atoms with Crippen LogP contribution in [0.15, 0.2) is 41.8 Å². The molecule has 1 aromatic carbocycles. The SMILES string of the molecule is CC(C)COc1cccc(NCc2cccs2)c1. The maximum Gasteiger partial charge on any atom is 0.121 e. The molecule has 0 atom stereocenters. The second-order valence-corrected chi connectivity index (χ2v) is 5.70. The third kappa shape index (κ3) is 4.08. The zero-order valence-corrected chi connectivity index (χ0v) is 11.7. The van der Waals surface area contributed by atoms with Crippen molar-refractivity contribution < 1.29 is 4.74 Å². The summed E-state index contributed by atoms with van der Waals surface area (Å²) >= 11 is 1.77. The Morgan fingerprint density at radius 2 is 2.11 bits per heavy atom. The molecule has 3 heteroatoms. The van der Waals surface area contributed by atoms with E-state index >= 15 is 0 Å². The zero-order chi connectivity index (χ0) is 12.8. The van der Waals surface area contributed by atoms with Gasteiger partial charge in [0.25, 0.3) is 0 Å². The van der Waals surface area contributed by atoms with E-state index in [2.05, 4.69) is 48.8 Å². The quantitative estimate of drug-likeness (QED) is 0.832. The molecule has 0 unspecified atom stereocenters. The lowest BCUT2D eigenvalue weighted by molar-refractivity contribution is 0.271. The molecule has 0 fully saturated rings. The van der Waals surface area contributed by atoms with Crippen molar-refractivity contribution in [3.05, 3.63) is 46.7 Å². The molecule has 0 bridgehead atoms. The van der Waals surface area contributed by atoms with Crippen LogP contribution in [-0.2, 0) is 6.54 Å².